The molecule has 3 aromatic rings. The lowest BCUT2D eigenvalue weighted by Gasteiger charge is -2.30. The van der Waals surface area contributed by atoms with Crippen molar-refractivity contribution >= 4 is 44.8 Å². The quantitative estimate of drug-likeness (QED) is 0.515. The third-order valence-corrected chi connectivity index (χ3v) is 5.35. The molecule has 146 valence electrons. The van der Waals surface area contributed by atoms with Crippen molar-refractivity contribution in [2.45, 2.75) is 18.5 Å². The molecule has 6 N–H and O–H groups in total. The largest absolute Gasteiger partial charge is 0.380 e. The van der Waals surface area contributed by atoms with Crippen molar-refractivity contribution in [3.63, 3.8) is 0 Å². The first-order valence-corrected chi connectivity index (χ1v) is 9.59. The summed E-state index contributed by atoms with van der Waals surface area (Å²) in [5.74, 6) is -1.27. The van der Waals surface area contributed by atoms with Crippen molar-refractivity contribution in [3.8, 4) is 0 Å². The molecule has 1 fully saturated rings. The molecule has 2 aromatic heterocycles. The van der Waals surface area contributed by atoms with Crippen molar-refractivity contribution in [3.05, 3.63) is 41.2 Å². The Morgan fingerprint density at radius 2 is 2.18 bits per heavy atom. The summed E-state index contributed by atoms with van der Waals surface area (Å²) in [5, 5.41) is 6.08. The van der Waals surface area contributed by atoms with Crippen LogP contribution < -0.4 is 22.1 Å². The third-order valence-electron chi connectivity index (χ3n) is 4.56. The van der Waals surface area contributed by atoms with Crippen molar-refractivity contribution in [2.75, 3.05) is 23.8 Å². The highest BCUT2D eigenvalue weighted by molar-refractivity contribution is 7.16. The number of carbonyl (C=O) groups is 1. The van der Waals surface area contributed by atoms with Gasteiger partial charge in [-0.05, 0) is 30.7 Å². The molecule has 0 spiro atoms. The van der Waals surface area contributed by atoms with Gasteiger partial charge in [0.2, 0.25) is 0 Å². The number of pyridine rings is 1. The number of halogens is 1. The molecule has 4 rings (SSSR count). The minimum absolute atomic E-state index is 0.00807. The number of hydrogen-bond donors (Lipinski definition) is 4. The number of carbonyl (C=O) groups excluding carboxylic acids is 1. The molecule has 28 heavy (non-hydrogen) atoms. The average Bonchev–Trinajstić information content (AvgIpc) is 3.13. The van der Waals surface area contributed by atoms with E-state index in [2.05, 4.69) is 20.6 Å². The van der Waals surface area contributed by atoms with Crippen molar-refractivity contribution in [2.24, 2.45) is 11.5 Å². The Kier molecular flexibility index (Phi) is 5.07. The van der Waals surface area contributed by atoms with Crippen LogP contribution in [-0.4, -0.2) is 41.2 Å². The first kappa shape index (κ1) is 18.5. The number of thiazole rings is 1. The van der Waals surface area contributed by atoms with Gasteiger partial charge in [-0.25, -0.2) is 14.4 Å². The molecule has 8 nitrogen and oxygen atoms in total. The van der Waals surface area contributed by atoms with Crippen molar-refractivity contribution in [1.29, 1.82) is 0 Å². The standard InChI is InChI=1S/C18H19FN6O2S/c19-11-6-10(16(21)26)17(23-9-1-2-14-15(5-9)28-8-22-14)25-18(11)24-13-3-4-27-7-12(13)20/h1-2,5-6,8,12-13H,3-4,7,20H2,(H2,21,26)(H2,23,24,25)/t12-,13+/m0/s1. The zero-order valence-corrected chi connectivity index (χ0v) is 15.6. The number of primary amides is 1. The van der Waals surface area contributed by atoms with Crippen LogP contribution in [0.25, 0.3) is 10.2 Å². The Labute approximate surface area is 164 Å². The lowest BCUT2D eigenvalue weighted by atomic mass is 10.0. The molecule has 1 amide bonds. The van der Waals surface area contributed by atoms with E-state index in [1.54, 1.807) is 11.6 Å². The van der Waals surface area contributed by atoms with E-state index in [9.17, 15) is 9.18 Å². The van der Waals surface area contributed by atoms with Crippen LogP contribution in [0.4, 0.5) is 21.7 Å². The van der Waals surface area contributed by atoms with Crippen LogP contribution in [0.1, 0.15) is 16.8 Å². The number of nitrogens with zero attached hydrogens (tertiary/aromatic N) is 2. The number of nitrogens with two attached hydrogens (primary N) is 2. The molecule has 1 aliphatic heterocycles. The molecular formula is C18H19FN6O2S. The molecule has 0 bridgehead atoms. The zero-order valence-electron chi connectivity index (χ0n) is 14.8. The smallest absolute Gasteiger partial charge is 0.252 e. The molecule has 0 aliphatic carbocycles. The highest BCUT2D eigenvalue weighted by atomic mass is 32.1. The van der Waals surface area contributed by atoms with Crippen LogP contribution >= 0.6 is 11.3 Å². The Morgan fingerprint density at radius 1 is 1.32 bits per heavy atom. The summed E-state index contributed by atoms with van der Waals surface area (Å²) in [5.41, 5.74) is 14.7. The summed E-state index contributed by atoms with van der Waals surface area (Å²) in [6, 6.07) is 6.15. The molecule has 1 aliphatic rings. The second-order valence-electron chi connectivity index (χ2n) is 6.52. The summed E-state index contributed by atoms with van der Waals surface area (Å²) in [4.78, 5) is 20.3. The molecule has 0 saturated carbocycles. The third kappa shape index (κ3) is 3.75. The first-order chi connectivity index (χ1) is 13.5. The molecule has 1 aromatic carbocycles. The predicted octanol–water partition coefficient (Wildman–Crippen LogP) is 2.20. The van der Waals surface area contributed by atoms with E-state index in [1.165, 1.54) is 11.3 Å². The van der Waals surface area contributed by atoms with Gasteiger partial charge >= 0.3 is 0 Å². The Hall–Kier alpha value is -2.82. The van der Waals surface area contributed by atoms with Crippen LogP contribution in [-0.2, 0) is 4.74 Å². The summed E-state index contributed by atoms with van der Waals surface area (Å²) in [7, 11) is 0. The number of fused-ring (bicyclic) bond motifs is 1. The minimum atomic E-state index is -0.776. The van der Waals surface area contributed by atoms with Gasteiger partial charge in [-0.2, -0.15) is 0 Å². The fourth-order valence-electron chi connectivity index (χ4n) is 3.06. The maximum atomic E-state index is 14.5. The minimum Gasteiger partial charge on any atom is -0.380 e. The molecule has 0 radical (unpaired) electrons. The van der Waals surface area contributed by atoms with Gasteiger partial charge in [-0.15, -0.1) is 11.3 Å². The van der Waals surface area contributed by atoms with E-state index in [4.69, 9.17) is 16.2 Å². The van der Waals surface area contributed by atoms with Gasteiger partial charge in [-0.3, -0.25) is 4.79 Å². The fraction of sp³-hybridized carbons (Fsp3) is 0.278. The first-order valence-electron chi connectivity index (χ1n) is 8.72. The predicted molar refractivity (Wildman–Crippen MR) is 106 cm³/mol. The van der Waals surface area contributed by atoms with Crippen LogP contribution in [0.15, 0.2) is 29.8 Å². The maximum Gasteiger partial charge on any atom is 0.252 e. The average molecular weight is 402 g/mol. The second-order valence-corrected chi connectivity index (χ2v) is 7.40. The number of ether oxygens (including phenoxy) is 1. The zero-order chi connectivity index (χ0) is 19.7. The van der Waals surface area contributed by atoms with Crippen LogP contribution in [0.5, 0.6) is 0 Å². The van der Waals surface area contributed by atoms with Gasteiger partial charge in [0.05, 0.1) is 27.9 Å². The van der Waals surface area contributed by atoms with Gasteiger partial charge in [0.15, 0.2) is 11.6 Å². The van der Waals surface area contributed by atoms with Gasteiger partial charge in [-0.1, -0.05) is 0 Å². The topological polar surface area (TPSA) is 128 Å². The lowest BCUT2D eigenvalue weighted by molar-refractivity contribution is 0.0751. The second kappa shape index (κ2) is 7.66. The summed E-state index contributed by atoms with van der Waals surface area (Å²) >= 11 is 1.49. The number of rotatable bonds is 5. The van der Waals surface area contributed by atoms with Crippen molar-refractivity contribution in [1.82, 2.24) is 9.97 Å². The molecular weight excluding hydrogens is 383 g/mol. The normalized spacial score (nSPS) is 19.5. The summed E-state index contributed by atoms with van der Waals surface area (Å²) in [6.07, 6.45) is 0.630. The van der Waals surface area contributed by atoms with Gasteiger partial charge < -0.3 is 26.8 Å². The summed E-state index contributed by atoms with van der Waals surface area (Å²) < 4.78 is 20.8. The number of hydrogen-bond acceptors (Lipinski definition) is 8. The van der Waals surface area contributed by atoms with Crippen molar-refractivity contribution < 1.29 is 13.9 Å². The lowest BCUT2D eigenvalue weighted by Crippen LogP contribution is -2.47. The van der Waals surface area contributed by atoms with Crippen LogP contribution in [0.2, 0.25) is 0 Å². The van der Waals surface area contributed by atoms with E-state index in [-0.39, 0.29) is 29.3 Å². The highest BCUT2D eigenvalue weighted by Gasteiger charge is 2.25. The summed E-state index contributed by atoms with van der Waals surface area (Å²) in [6.45, 7) is 0.922. The Morgan fingerprint density at radius 3 is 2.96 bits per heavy atom. The number of aromatic nitrogens is 2. The number of anilines is 3. The van der Waals surface area contributed by atoms with E-state index >= 15 is 0 Å². The molecule has 2 atom stereocenters. The monoisotopic (exact) mass is 402 g/mol. The maximum absolute atomic E-state index is 14.5. The molecule has 3 heterocycles. The molecule has 10 heteroatoms. The SMILES string of the molecule is NC(=O)c1cc(F)c(N[C@@H]2CCOC[C@@H]2N)nc1Nc1ccc2ncsc2c1. The Bertz CT molecular complexity index is 1030. The van der Waals surface area contributed by atoms with E-state index < -0.39 is 11.7 Å². The Balaban J connectivity index is 1.66. The molecule has 0 unspecified atom stereocenters. The fourth-order valence-corrected chi connectivity index (χ4v) is 3.77. The van der Waals surface area contributed by atoms with Gasteiger partial charge in [0.25, 0.3) is 5.91 Å². The van der Waals surface area contributed by atoms with Gasteiger partial charge in [0.1, 0.15) is 5.82 Å². The van der Waals surface area contributed by atoms with E-state index in [0.29, 0.717) is 25.3 Å². The van der Waals surface area contributed by atoms with E-state index in [1.807, 2.05) is 12.1 Å². The van der Waals surface area contributed by atoms with Gasteiger partial charge in [0, 0.05) is 24.4 Å². The highest BCUT2D eigenvalue weighted by Crippen LogP contribution is 2.28. The molecule has 1 saturated heterocycles. The van der Waals surface area contributed by atoms with Crippen LogP contribution in [0, 0.1) is 5.82 Å². The number of amides is 1. The number of benzene rings is 1. The van der Waals surface area contributed by atoms with Crippen LogP contribution in [0.3, 0.4) is 0 Å². The number of nitrogens with one attached hydrogen (secondary N) is 2. The van der Waals surface area contributed by atoms with E-state index in [0.717, 1.165) is 16.3 Å².